The fourth-order valence-corrected chi connectivity index (χ4v) is 2.31. The van der Waals surface area contributed by atoms with Gasteiger partial charge < -0.3 is 9.73 Å². The predicted molar refractivity (Wildman–Crippen MR) is 75.8 cm³/mol. The van der Waals surface area contributed by atoms with Gasteiger partial charge in [0.05, 0.1) is 6.04 Å². The summed E-state index contributed by atoms with van der Waals surface area (Å²) in [6, 6.07) is 8.48. The minimum atomic E-state index is -0.233. The van der Waals surface area contributed by atoms with E-state index in [4.69, 9.17) is 4.42 Å². The average molecular weight is 377 g/mol. The summed E-state index contributed by atoms with van der Waals surface area (Å²) >= 11 is 6.67. The first-order valence-corrected chi connectivity index (χ1v) is 7.07. The van der Waals surface area contributed by atoms with Crippen LogP contribution in [-0.4, -0.2) is 0 Å². The van der Waals surface area contributed by atoms with Crippen LogP contribution >= 0.6 is 31.9 Å². The molecule has 96 valence electrons. The van der Waals surface area contributed by atoms with Gasteiger partial charge in [-0.1, -0.05) is 15.9 Å². The Bertz CT molecular complexity index is 542. The molecule has 0 saturated carbocycles. The molecule has 0 saturated heterocycles. The molecule has 0 amide bonds. The molecule has 0 aliphatic rings. The van der Waals surface area contributed by atoms with E-state index in [0.29, 0.717) is 11.2 Å². The summed E-state index contributed by atoms with van der Waals surface area (Å²) in [6.07, 6.45) is 0. The lowest BCUT2D eigenvalue weighted by atomic mass is 10.2. The van der Waals surface area contributed by atoms with Crippen molar-refractivity contribution in [2.45, 2.75) is 19.5 Å². The molecule has 1 aromatic carbocycles. The van der Waals surface area contributed by atoms with Crippen LogP contribution in [0, 0.1) is 5.82 Å². The highest BCUT2D eigenvalue weighted by atomic mass is 79.9. The van der Waals surface area contributed by atoms with Crippen LogP contribution in [0.15, 0.2) is 43.9 Å². The zero-order valence-corrected chi connectivity index (χ0v) is 12.9. The van der Waals surface area contributed by atoms with Crippen molar-refractivity contribution >= 4 is 31.9 Å². The maximum Gasteiger partial charge on any atom is 0.169 e. The van der Waals surface area contributed by atoms with Gasteiger partial charge in [-0.15, -0.1) is 0 Å². The van der Waals surface area contributed by atoms with Crippen LogP contribution < -0.4 is 5.32 Å². The molecular weight excluding hydrogens is 365 g/mol. The molecule has 2 aromatic rings. The van der Waals surface area contributed by atoms with Gasteiger partial charge in [0.25, 0.3) is 0 Å². The minimum absolute atomic E-state index is 0.0615. The molecule has 5 heteroatoms. The second kappa shape index (κ2) is 5.99. The predicted octanol–water partition coefficient (Wildman–Crippen LogP) is 4.79. The van der Waals surface area contributed by atoms with Gasteiger partial charge in [0.15, 0.2) is 4.67 Å². The van der Waals surface area contributed by atoms with Crippen LogP contribution in [0.3, 0.4) is 0 Å². The average Bonchev–Trinajstić information content (AvgIpc) is 2.77. The molecule has 1 N–H and O–H groups in total. The van der Waals surface area contributed by atoms with E-state index in [-0.39, 0.29) is 11.9 Å². The zero-order chi connectivity index (χ0) is 13.1. The summed E-state index contributed by atoms with van der Waals surface area (Å²) in [5.74, 6) is 0.609. The van der Waals surface area contributed by atoms with E-state index >= 15 is 0 Å². The van der Waals surface area contributed by atoms with Crippen LogP contribution in [0.5, 0.6) is 0 Å². The third-order valence-corrected chi connectivity index (χ3v) is 3.83. The molecule has 1 heterocycles. The van der Waals surface area contributed by atoms with Crippen LogP contribution in [0.4, 0.5) is 4.39 Å². The molecule has 2 nitrogen and oxygen atoms in total. The molecule has 0 fully saturated rings. The van der Waals surface area contributed by atoms with E-state index in [9.17, 15) is 4.39 Å². The first-order valence-electron chi connectivity index (χ1n) is 5.49. The van der Waals surface area contributed by atoms with Crippen molar-refractivity contribution in [3.63, 3.8) is 0 Å². The zero-order valence-electron chi connectivity index (χ0n) is 9.71. The molecular formula is C13H12Br2FNO. The Labute approximate surface area is 122 Å². The summed E-state index contributed by atoms with van der Waals surface area (Å²) in [6.45, 7) is 2.57. The molecule has 0 spiro atoms. The molecule has 0 aliphatic carbocycles. The summed E-state index contributed by atoms with van der Waals surface area (Å²) in [5.41, 5.74) is 0.882. The molecule has 2 rings (SSSR count). The summed E-state index contributed by atoms with van der Waals surface area (Å²) in [4.78, 5) is 0. The maximum absolute atomic E-state index is 13.1. The number of benzene rings is 1. The Morgan fingerprint density at radius 3 is 2.72 bits per heavy atom. The Balaban J connectivity index is 2.01. The van der Waals surface area contributed by atoms with Gasteiger partial charge in [-0.25, -0.2) is 4.39 Å². The van der Waals surface area contributed by atoms with Gasteiger partial charge in [0.1, 0.15) is 11.6 Å². The lowest BCUT2D eigenvalue weighted by Gasteiger charge is -2.12. The van der Waals surface area contributed by atoms with Crippen LogP contribution in [0.1, 0.15) is 24.3 Å². The van der Waals surface area contributed by atoms with Crippen molar-refractivity contribution in [2.24, 2.45) is 0 Å². The van der Waals surface area contributed by atoms with Crippen LogP contribution in [-0.2, 0) is 6.54 Å². The molecule has 18 heavy (non-hydrogen) atoms. The van der Waals surface area contributed by atoms with Gasteiger partial charge in [-0.3, -0.25) is 0 Å². The lowest BCUT2D eigenvalue weighted by molar-refractivity contribution is 0.417. The minimum Gasteiger partial charge on any atom is -0.453 e. The van der Waals surface area contributed by atoms with Crippen LogP contribution in [0.2, 0.25) is 0 Å². The van der Waals surface area contributed by atoms with E-state index in [1.54, 1.807) is 6.07 Å². The highest BCUT2D eigenvalue weighted by Gasteiger charge is 2.10. The quantitative estimate of drug-likeness (QED) is 0.829. The molecule has 0 aliphatic heterocycles. The van der Waals surface area contributed by atoms with Crippen molar-refractivity contribution in [1.29, 1.82) is 0 Å². The lowest BCUT2D eigenvalue weighted by Crippen LogP contribution is -2.17. The fraction of sp³-hybridized carbons (Fsp3) is 0.231. The number of furan rings is 1. The molecule has 1 unspecified atom stereocenters. The molecule has 0 bridgehead atoms. The second-order valence-electron chi connectivity index (χ2n) is 3.98. The SMILES string of the molecule is CC(NCc1cc(F)ccc1Br)c1ccc(Br)o1. The van der Waals surface area contributed by atoms with Gasteiger partial charge >= 0.3 is 0 Å². The number of rotatable bonds is 4. The van der Waals surface area contributed by atoms with E-state index in [2.05, 4.69) is 37.2 Å². The van der Waals surface area contributed by atoms with Gasteiger partial charge in [0, 0.05) is 11.0 Å². The Kier molecular flexibility index (Phi) is 4.59. The Morgan fingerprint density at radius 2 is 2.06 bits per heavy atom. The number of nitrogens with one attached hydrogen (secondary N) is 1. The van der Waals surface area contributed by atoms with Gasteiger partial charge in [-0.2, -0.15) is 0 Å². The van der Waals surface area contributed by atoms with Crippen molar-refractivity contribution in [2.75, 3.05) is 0 Å². The summed E-state index contributed by atoms with van der Waals surface area (Å²) in [7, 11) is 0. The van der Waals surface area contributed by atoms with Crippen LogP contribution in [0.25, 0.3) is 0 Å². The number of halogens is 3. The number of hydrogen-bond acceptors (Lipinski definition) is 2. The van der Waals surface area contributed by atoms with E-state index in [0.717, 1.165) is 15.8 Å². The second-order valence-corrected chi connectivity index (χ2v) is 5.62. The fourth-order valence-electron chi connectivity index (χ4n) is 1.60. The summed E-state index contributed by atoms with van der Waals surface area (Å²) in [5, 5.41) is 3.29. The first kappa shape index (κ1) is 13.8. The van der Waals surface area contributed by atoms with Crippen molar-refractivity contribution < 1.29 is 8.81 Å². The largest absolute Gasteiger partial charge is 0.453 e. The van der Waals surface area contributed by atoms with E-state index in [1.807, 2.05) is 19.1 Å². The Morgan fingerprint density at radius 1 is 1.28 bits per heavy atom. The van der Waals surface area contributed by atoms with Crippen molar-refractivity contribution in [3.05, 3.63) is 56.6 Å². The first-order chi connectivity index (χ1) is 8.56. The van der Waals surface area contributed by atoms with Gasteiger partial charge in [0.2, 0.25) is 0 Å². The van der Waals surface area contributed by atoms with E-state index in [1.165, 1.54) is 12.1 Å². The monoisotopic (exact) mass is 375 g/mol. The standard InChI is InChI=1S/C13H12Br2FNO/c1-8(12-4-5-13(15)18-12)17-7-9-6-10(16)2-3-11(9)14/h2-6,8,17H,7H2,1H3. The van der Waals surface area contributed by atoms with Gasteiger partial charge in [-0.05, 0) is 58.7 Å². The summed E-state index contributed by atoms with van der Waals surface area (Å²) < 4.78 is 20.2. The van der Waals surface area contributed by atoms with E-state index < -0.39 is 0 Å². The molecule has 1 aromatic heterocycles. The third kappa shape index (κ3) is 3.43. The highest BCUT2D eigenvalue weighted by Crippen LogP contribution is 2.22. The highest BCUT2D eigenvalue weighted by molar-refractivity contribution is 9.10. The molecule has 1 atom stereocenters. The maximum atomic E-state index is 13.1. The van der Waals surface area contributed by atoms with Crippen molar-refractivity contribution in [3.8, 4) is 0 Å². The van der Waals surface area contributed by atoms with Crippen molar-refractivity contribution in [1.82, 2.24) is 5.32 Å². The normalized spacial score (nSPS) is 12.7. The third-order valence-electron chi connectivity index (χ3n) is 2.63. The topological polar surface area (TPSA) is 25.2 Å². The smallest absolute Gasteiger partial charge is 0.169 e. The Hall–Kier alpha value is -0.650. The number of hydrogen-bond donors (Lipinski definition) is 1. The molecule has 0 radical (unpaired) electrons.